The van der Waals surface area contributed by atoms with Crippen LogP contribution >= 0.6 is 0 Å². The molecule has 0 bridgehead atoms. The first-order chi connectivity index (χ1) is 14.2. The fraction of sp³-hybridized carbons (Fsp3) is 0.435. The van der Waals surface area contributed by atoms with E-state index in [0.717, 1.165) is 49.1 Å². The maximum absolute atomic E-state index is 13.5. The second-order valence-electron chi connectivity index (χ2n) is 8.44. The van der Waals surface area contributed by atoms with E-state index in [1.165, 1.54) is 18.4 Å². The molecule has 1 saturated heterocycles. The first-order valence-electron chi connectivity index (χ1n) is 10.5. The molecule has 1 unspecified atom stereocenters. The molecule has 150 valence electrons. The van der Waals surface area contributed by atoms with Crippen LogP contribution in [0.2, 0.25) is 0 Å². The highest BCUT2D eigenvalue weighted by atomic mass is 16.2. The third kappa shape index (κ3) is 3.42. The highest BCUT2D eigenvalue weighted by molar-refractivity contribution is 5.92. The molecule has 6 nitrogen and oxygen atoms in total. The minimum Gasteiger partial charge on any atom is -0.347 e. The van der Waals surface area contributed by atoms with Crippen molar-refractivity contribution in [3.05, 3.63) is 59.7 Å². The van der Waals surface area contributed by atoms with Crippen molar-refractivity contribution < 1.29 is 4.79 Å². The number of nitrogens with one attached hydrogen (secondary N) is 1. The largest absolute Gasteiger partial charge is 0.347 e. The van der Waals surface area contributed by atoms with Crippen LogP contribution in [-0.4, -0.2) is 45.4 Å². The lowest BCUT2D eigenvalue weighted by Gasteiger charge is -2.27. The Hall–Kier alpha value is -2.73. The summed E-state index contributed by atoms with van der Waals surface area (Å²) in [5.74, 6) is 0.133. The molecule has 2 fully saturated rings. The number of rotatable bonds is 6. The smallest absolute Gasteiger partial charge is 0.231 e. The van der Waals surface area contributed by atoms with Crippen LogP contribution in [0.4, 0.5) is 0 Å². The number of aromatic nitrogens is 3. The number of hydrogen-bond acceptors (Lipinski definition) is 4. The first kappa shape index (κ1) is 18.3. The summed E-state index contributed by atoms with van der Waals surface area (Å²) in [6.07, 6.45) is 4.26. The van der Waals surface area contributed by atoms with Gasteiger partial charge in [-0.25, -0.2) is 4.68 Å². The molecule has 1 aliphatic heterocycles. The summed E-state index contributed by atoms with van der Waals surface area (Å²) in [6, 6.07) is 16.5. The molecule has 1 atom stereocenters. The molecule has 1 saturated carbocycles. The van der Waals surface area contributed by atoms with E-state index in [-0.39, 0.29) is 11.9 Å². The summed E-state index contributed by atoms with van der Waals surface area (Å²) in [7, 11) is 1.89. The molecule has 29 heavy (non-hydrogen) atoms. The second-order valence-corrected chi connectivity index (χ2v) is 8.44. The van der Waals surface area contributed by atoms with Crippen molar-refractivity contribution >= 4 is 16.9 Å². The van der Waals surface area contributed by atoms with E-state index < -0.39 is 5.41 Å². The van der Waals surface area contributed by atoms with Crippen LogP contribution in [0, 0.1) is 0 Å². The van der Waals surface area contributed by atoms with E-state index in [0.29, 0.717) is 0 Å². The highest BCUT2D eigenvalue weighted by Gasteiger charge is 2.51. The van der Waals surface area contributed by atoms with Gasteiger partial charge in [-0.05, 0) is 62.0 Å². The number of carbonyl (C=O) groups is 1. The molecule has 3 aromatic rings. The molecule has 6 heteroatoms. The monoisotopic (exact) mass is 389 g/mol. The summed E-state index contributed by atoms with van der Waals surface area (Å²) < 4.78 is 1.76. The summed E-state index contributed by atoms with van der Waals surface area (Å²) in [5.41, 5.74) is 3.63. The van der Waals surface area contributed by atoms with Gasteiger partial charge in [0.2, 0.25) is 5.91 Å². The highest BCUT2D eigenvalue weighted by Crippen LogP contribution is 2.49. The SMILES string of the molecule is Cn1nnc2cc(C3(C(=O)NC(CN4CCCC4)c4ccccc4)CC3)ccc21. The van der Waals surface area contributed by atoms with Crippen LogP contribution < -0.4 is 5.32 Å². The van der Waals surface area contributed by atoms with Crippen molar-refractivity contribution in [2.24, 2.45) is 7.05 Å². The summed E-state index contributed by atoms with van der Waals surface area (Å²) in [6.45, 7) is 3.11. The Labute approximate surface area is 170 Å². The Morgan fingerprint density at radius 3 is 2.62 bits per heavy atom. The van der Waals surface area contributed by atoms with Crippen molar-refractivity contribution in [1.29, 1.82) is 0 Å². The Balaban J connectivity index is 1.39. The number of amides is 1. The topological polar surface area (TPSA) is 63.1 Å². The van der Waals surface area contributed by atoms with Gasteiger partial charge >= 0.3 is 0 Å². The average molecular weight is 390 g/mol. The summed E-state index contributed by atoms with van der Waals surface area (Å²) in [4.78, 5) is 15.9. The third-order valence-electron chi connectivity index (χ3n) is 6.49. The fourth-order valence-electron chi connectivity index (χ4n) is 4.55. The number of likely N-dealkylation sites (tertiary alicyclic amines) is 1. The molecule has 5 rings (SSSR count). The average Bonchev–Trinajstić information content (AvgIpc) is 3.26. The van der Waals surface area contributed by atoms with Crippen molar-refractivity contribution in [2.75, 3.05) is 19.6 Å². The van der Waals surface area contributed by atoms with Gasteiger partial charge in [-0.3, -0.25) is 4.79 Å². The number of hydrogen-bond donors (Lipinski definition) is 1. The molecule has 2 heterocycles. The van der Waals surface area contributed by atoms with E-state index in [1.807, 2.05) is 37.4 Å². The molecule has 1 aromatic heterocycles. The fourth-order valence-corrected chi connectivity index (χ4v) is 4.55. The molecule has 0 radical (unpaired) electrons. The molecule has 0 spiro atoms. The van der Waals surface area contributed by atoms with Crippen molar-refractivity contribution in [2.45, 2.75) is 37.1 Å². The molecule has 1 N–H and O–H groups in total. The number of carbonyl (C=O) groups excluding carboxylic acids is 1. The van der Waals surface area contributed by atoms with Gasteiger partial charge in [-0.15, -0.1) is 5.10 Å². The maximum atomic E-state index is 13.5. The van der Waals surface area contributed by atoms with E-state index in [9.17, 15) is 4.79 Å². The van der Waals surface area contributed by atoms with Gasteiger partial charge < -0.3 is 10.2 Å². The lowest BCUT2D eigenvalue weighted by atomic mass is 9.93. The van der Waals surface area contributed by atoms with Gasteiger partial charge in [0.15, 0.2) is 0 Å². The molecule has 2 aromatic carbocycles. The predicted octanol–water partition coefficient (Wildman–Crippen LogP) is 2.95. The minimum absolute atomic E-state index is 0.0134. The number of fused-ring (bicyclic) bond motifs is 1. The summed E-state index contributed by atoms with van der Waals surface area (Å²) in [5, 5.41) is 11.7. The van der Waals surface area contributed by atoms with Crippen molar-refractivity contribution in [3.8, 4) is 0 Å². The Kier molecular flexibility index (Phi) is 4.59. The standard InChI is InChI=1S/C23H27N5O/c1-27-21-10-9-18(15-19(21)25-26-27)23(11-12-23)22(29)24-20(16-28-13-5-6-14-28)17-7-3-2-4-8-17/h2-4,7-10,15,20H,5-6,11-14,16H2,1H3,(H,24,29). The van der Waals surface area contributed by atoms with E-state index >= 15 is 0 Å². The van der Waals surface area contributed by atoms with Crippen LogP contribution in [0.25, 0.3) is 11.0 Å². The van der Waals surface area contributed by atoms with Crippen LogP contribution in [0.15, 0.2) is 48.5 Å². The van der Waals surface area contributed by atoms with Gasteiger partial charge in [0.05, 0.1) is 17.0 Å². The van der Waals surface area contributed by atoms with Gasteiger partial charge in [0.25, 0.3) is 0 Å². The minimum atomic E-state index is -0.427. The molecule has 1 amide bonds. The van der Waals surface area contributed by atoms with E-state index in [2.05, 4.69) is 38.7 Å². The quantitative estimate of drug-likeness (QED) is 0.704. The van der Waals surface area contributed by atoms with Gasteiger partial charge in [0, 0.05) is 13.6 Å². The zero-order valence-corrected chi connectivity index (χ0v) is 16.8. The predicted molar refractivity (Wildman–Crippen MR) is 112 cm³/mol. The molecular weight excluding hydrogens is 362 g/mol. The van der Waals surface area contributed by atoms with Crippen molar-refractivity contribution in [3.63, 3.8) is 0 Å². The second kappa shape index (κ2) is 7.26. The summed E-state index contributed by atoms with van der Waals surface area (Å²) >= 11 is 0. The van der Waals surface area contributed by atoms with Gasteiger partial charge in [-0.2, -0.15) is 0 Å². The van der Waals surface area contributed by atoms with Crippen LogP contribution in [0.3, 0.4) is 0 Å². The Morgan fingerprint density at radius 1 is 1.14 bits per heavy atom. The maximum Gasteiger partial charge on any atom is 0.231 e. The van der Waals surface area contributed by atoms with E-state index in [4.69, 9.17) is 0 Å². The molecule has 1 aliphatic carbocycles. The van der Waals surface area contributed by atoms with Crippen molar-refractivity contribution in [1.82, 2.24) is 25.2 Å². The lowest BCUT2D eigenvalue weighted by molar-refractivity contribution is -0.124. The molecular formula is C23H27N5O. The zero-order valence-electron chi connectivity index (χ0n) is 16.8. The zero-order chi connectivity index (χ0) is 19.8. The van der Waals surface area contributed by atoms with Gasteiger partial charge in [-0.1, -0.05) is 41.6 Å². The number of nitrogens with zero attached hydrogens (tertiary/aromatic N) is 4. The first-order valence-corrected chi connectivity index (χ1v) is 10.5. The lowest BCUT2D eigenvalue weighted by Crippen LogP contribution is -2.41. The number of aryl methyl sites for hydroxylation is 1. The normalized spacial score (nSPS) is 19.3. The third-order valence-corrected chi connectivity index (χ3v) is 6.49. The van der Waals surface area contributed by atoms with Crippen LogP contribution in [0.1, 0.15) is 42.9 Å². The van der Waals surface area contributed by atoms with Gasteiger partial charge in [0.1, 0.15) is 5.52 Å². The van der Waals surface area contributed by atoms with Crippen LogP contribution in [-0.2, 0) is 17.3 Å². The van der Waals surface area contributed by atoms with Crippen LogP contribution in [0.5, 0.6) is 0 Å². The molecule has 2 aliphatic rings. The Bertz CT molecular complexity index is 1020. The Morgan fingerprint density at radius 2 is 1.90 bits per heavy atom. The number of benzene rings is 2. The van der Waals surface area contributed by atoms with E-state index in [1.54, 1.807) is 4.68 Å².